The molecule has 164 valence electrons. The minimum Gasteiger partial charge on any atom is -0.491 e. The molecule has 7 heteroatoms. The van der Waals surface area contributed by atoms with Crippen molar-refractivity contribution in [1.82, 2.24) is 10.6 Å². The Morgan fingerprint density at radius 2 is 2.00 bits per heavy atom. The van der Waals surface area contributed by atoms with E-state index in [1.54, 1.807) is 0 Å². The summed E-state index contributed by atoms with van der Waals surface area (Å²) in [7, 11) is 0. The van der Waals surface area contributed by atoms with Crippen molar-refractivity contribution < 1.29 is 14.2 Å². The normalized spacial score (nSPS) is 16.5. The fourth-order valence-electron chi connectivity index (χ4n) is 3.23. The maximum atomic E-state index is 5.95. The summed E-state index contributed by atoms with van der Waals surface area (Å²) in [5, 5.41) is 6.91. The molecule has 0 spiro atoms. The number of ether oxygens (including phenoxy) is 3. The standard InChI is InChI=1S/C22H37N3O3S/c1-5-23-21(25-17-22(29-4)9-11-27-12-10-22)24-16-19-8-7-18(3)15-20(19)28-14-13-26-6-2/h7-8,15H,5-6,9-14,16-17H2,1-4H3,(H2,23,24,25). The highest BCUT2D eigenvalue weighted by Crippen LogP contribution is 2.33. The Morgan fingerprint density at radius 3 is 2.69 bits per heavy atom. The van der Waals surface area contributed by atoms with Gasteiger partial charge < -0.3 is 24.8 Å². The number of benzene rings is 1. The molecule has 0 radical (unpaired) electrons. The van der Waals surface area contributed by atoms with Crippen LogP contribution in [0.25, 0.3) is 0 Å². The summed E-state index contributed by atoms with van der Waals surface area (Å²) in [5.41, 5.74) is 2.26. The minimum atomic E-state index is 0.214. The fourth-order valence-corrected chi connectivity index (χ4v) is 4.02. The molecule has 0 aliphatic carbocycles. The predicted molar refractivity (Wildman–Crippen MR) is 122 cm³/mol. The fraction of sp³-hybridized carbons (Fsp3) is 0.682. The van der Waals surface area contributed by atoms with Gasteiger partial charge in [-0.15, -0.1) is 0 Å². The SMILES string of the molecule is CCNC(=NCc1ccc(C)cc1OCCOCC)NCC1(SC)CCOCC1. The van der Waals surface area contributed by atoms with E-state index in [-0.39, 0.29) is 4.75 Å². The third-order valence-electron chi connectivity index (χ3n) is 5.08. The van der Waals surface area contributed by atoms with Gasteiger partial charge in [0.25, 0.3) is 0 Å². The number of guanidine groups is 1. The van der Waals surface area contributed by atoms with Crippen molar-refractivity contribution in [1.29, 1.82) is 0 Å². The Labute approximate surface area is 180 Å². The lowest BCUT2D eigenvalue weighted by atomic mass is 9.99. The second-order valence-electron chi connectivity index (χ2n) is 7.20. The first-order chi connectivity index (χ1) is 14.1. The quantitative estimate of drug-likeness (QED) is 0.323. The van der Waals surface area contributed by atoms with Gasteiger partial charge in [0.15, 0.2) is 5.96 Å². The van der Waals surface area contributed by atoms with Gasteiger partial charge in [0.2, 0.25) is 0 Å². The van der Waals surface area contributed by atoms with E-state index >= 15 is 0 Å². The Balaban J connectivity index is 2.01. The van der Waals surface area contributed by atoms with Crippen LogP contribution < -0.4 is 15.4 Å². The van der Waals surface area contributed by atoms with Crippen LogP contribution in [-0.2, 0) is 16.0 Å². The van der Waals surface area contributed by atoms with Gasteiger partial charge in [0.05, 0.1) is 13.2 Å². The van der Waals surface area contributed by atoms with Crippen molar-refractivity contribution in [2.75, 3.05) is 52.4 Å². The van der Waals surface area contributed by atoms with Gasteiger partial charge in [-0.3, -0.25) is 0 Å². The number of aliphatic imine (C=N–C) groups is 1. The van der Waals surface area contributed by atoms with Crippen LogP contribution >= 0.6 is 11.8 Å². The molecule has 0 atom stereocenters. The van der Waals surface area contributed by atoms with E-state index in [1.165, 1.54) is 5.56 Å². The van der Waals surface area contributed by atoms with Crippen molar-refractivity contribution >= 4 is 17.7 Å². The first-order valence-electron chi connectivity index (χ1n) is 10.6. The summed E-state index contributed by atoms with van der Waals surface area (Å²) >= 11 is 1.93. The molecule has 29 heavy (non-hydrogen) atoms. The van der Waals surface area contributed by atoms with Crippen LogP contribution in [0.3, 0.4) is 0 Å². The molecule has 1 heterocycles. The summed E-state index contributed by atoms with van der Waals surface area (Å²) < 4.78 is 17.1. The zero-order valence-corrected chi connectivity index (χ0v) is 19.2. The number of hydrogen-bond acceptors (Lipinski definition) is 5. The second kappa shape index (κ2) is 13.0. The average molecular weight is 424 g/mol. The van der Waals surface area contributed by atoms with Crippen LogP contribution in [0, 0.1) is 6.92 Å². The highest BCUT2D eigenvalue weighted by molar-refractivity contribution is 8.00. The van der Waals surface area contributed by atoms with Crippen LogP contribution in [0.5, 0.6) is 5.75 Å². The molecule has 1 fully saturated rings. The van der Waals surface area contributed by atoms with Gasteiger partial charge in [0, 0.05) is 43.2 Å². The molecular weight excluding hydrogens is 386 g/mol. The molecule has 0 unspecified atom stereocenters. The Kier molecular flexibility index (Phi) is 10.7. The lowest BCUT2D eigenvalue weighted by Gasteiger charge is -2.36. The highest BCUT2D eigenvalue weighted by Gasteiger charge is 2.31. The van der Waals surface area contributed by atoms with E-state index in [4.69, 9.17) is 19.2 Å². The zero-order chi connectivity index (χ0) is 21.0. The second-order valence-corrected chi connectivity index (χ2v) is 8.48. The van der Waals surface area contributed by atoms with Gasteiger partial charge in [-0.1, -0.05) is 12.1 Å². The van der Waals surface area contributed by atoms with Crippen LogP contribution in [-0.4, -0.2) is 63.1 Å². The number of aryl methyl sites for hydroxylation is 1. The molecule has 6 nitrogen and oxygen atoms in total. The third kappa shape index (κ3) is 8.07. The number of hydrogen-bond donors (Lipinski definition) is 2. The number of nitrogens with zero attached hydrogens (tertiary/aromatic N) is 1. The topological polar surface area (TPSA) is 64.1 Å². The summed E-state index contributed by atoms with van der Waals surface area (Å²) in [6, 6.07) is 6.27. The smallest absolute Gasteiger partial charge is 0.191 e. The van der Waals surface area contributed by atoms with Crippen molar-refractivity contribution in [3.05, 3.63) is 29.3 Å². The molecule has 1 aromatic rings. The maximum absolute atomic E-state index is 5.95. The Morgan fingerprint density at radius 1 is 1.21 bits per heavy atom. The Bertz CT molecular complexity index is 634. The third-order valence-corrected chi connectivity index (χ3v) is 6.50. The largest absolute Gasteiger partial charge is 0.491 e. The molecule has 2 N–H and O–H groups in total. The molecule has 0 bridgehead atoms. The van der Waals surface area contributed by atoms with Crippen molar-refractivity contribution in [2.24, 2.45) is 4.99 Å². The lowest BCUT2D eigenvalue weighted by molar-refractivity contribution is 0.0783. The first kappa shape index (κ1) is 23.8. The van der Waals surface area contributed by atoms with E-state index in [2.05, 4.69) is 48.9 Å². The van der Waals surface area contributed by atoms with Crippen molar-refractivity contribution in [3.63, 3.8) is 0 Å². The van der Waals surface area contributed by atoms with Crippen LogP contribution in [0.4, 0.5) is 0 Å². The number of nitrogens with one attached hydrogen (secondary N) is 2. The van der Waals surface area contributed by atoms with Crippen molar-refractivity contribution in [2.45, 2.75) is 44.9 Å². The van der Waals surface area contributed by atoms with Crippen molar-refractivity contribution in [3.8, 4) is 5.75 Å². The summed E-state index contributed by atoms with van der Waals surface area (Å²) in [5.74, 6) is 1.72. The summed E-state index contributed by atoms with van der Waals surface area (Å²) in [6.07, 6.45) is 4.32. The van der Waals surface area contributed by atoms with Gasteiger partial charge >= 0.3 is 0 Å². The van der Waals surface area contributed by atoms with Crippen LogP contribution in [0.1, 0.15) is 37.8 Å². The molecular formula is C22H37N3O3S. The zero-order valence-electron chi connectivity index (χ0n) is 18.4. The molecule has 1 aromatic carbocycles. The van der Waals surface area contributed by atoms with Crippen LogP contribution in [0.2, 0.25) is 0 Å². The monoisotopic (exact) mass is 423 g/mol. The number of rotatable bonds is 11. The van der Waals surface area contributed by atoms with Gasteiger partial charge in [-0.2, -0.15) is 11.8 Å². The molecule has 0 amide bonds. The molecule has 1 aliphatic heterocycles. The van der Waals surface area contributed by atoms with E-state index in [1.807, 2.05) is 18.7 Å². The lowest BCUT2D eigenvalue weighted by Crippen LogP contribution is -2.47. The summed E-state index contributed by atoms with van der Waals surface area (Å²) in [6.45, 7) is 11.9. The van der Waals surface area contributed by atoms with Gasteiger partial charge in [-0.25, -0.2) is 4.99 Å². The first-order valence-corrected chi connectivity index (χ1v) is 11.8. The summed E-state index contributed by atoms with van der Waals surface area (Å²) in [4.78, 5) is 4.81. The van der Waals surface area contributed by atoms with Crippen LogP contribution in [0.15, 0.2) is 23.2 Å². The Hall–Kier alpha value is -1.44. The highest BCUT2D eigenvalue weighted by atomic mass is 32.2. The molecule has 0 aromatic heterocycles. The molecule has 1 saturated heterocycles. The number of thioether (sulfide) groups is 1. The maximum Gasteiger partial charge on any atom is 0.191 e. The minimum absolute atomic E-state index is 0.214. The molecule has 2 rings (SSSR count). The van der Waals surface area contributed by atoms with E-state index < -0.39 is 0 Å². The molecule has 0 saturated carbocycles. The average Bonchev–Trinajstić information content (AvgIpc) is 2.75. The predicted octanol–water partition coefficient (Wildman–Crippen LogP) is 3.38. The molecule has 1 aliphatic rings. The van der Waals surface area contributed by atoms with Gasteiger partial charge in [-0.05, 0) is 51.5 Å². The van der Waals surface area contributed by atoms with E-state index in [0.717, 1.165) is 56.4 Å². The van der Waals surface area contributed by atoms with E-state index in [9.17, 15) is 0 Å². The van der Waals surface area contributed by atoms with E-state index in [0.29, 0.717) is 26.4 Å². The van der Waals surface area contributed by atoms with Gasteiger partial charge in [0.1, 0.15) is 12.4 Å².